The molecule has 3 aromatic rings. The number of carbonyl (C=O) groups excluding carboxylic acids is 1. The third-order valence-corrected chi connectivity index (χ3v) is 4.90. The van der Waals surface area contributed by atoms with Crippen LogP contribution in [0.5, 0.6) is 11.5 Å². The van der Waals surface area contributed by atoms with Gasteiger partial charge in [0.2, 0.25) is 0 Å². The van der Waals surface area contributed by atoms with E-state index in [1.165, 1.54) is 24.5 Å². The van der Waals surface area contributed by atoms with E-state index in [9.17, 15) is 13.6 Å². The molecular weight excluding hydrogens is 406 g/mol. The Kier molecular flexibility index (Phi) is 4.42. The minimum atomic E-state index is -3.69. The highest BCUT2D eigenvalue weighted by Gasteiger charge is 2.43. The summed E-state index contributed by atoms with van der Waals surface area (Å²) >= 11 is 6.17. The van der Waals surface area contributed by atoms with Gasteiger partial charge in [-0.1, -0.05) is 11.6 Å². The molecule has 0 bridgehead atoms. The first kappa shape index (κ1) is 19.1. The number of aromatic nitrogens is 3. The minimum absolute atomic E-state index is 0.0390. The third kappa shape index (κ3) is 3.49. The lowest BCUT2D eigenvalue weighted by Gasteiger charge is -2.09. The van der Waals surface area contributed by atoms with Crippen molar-refractivity contribution in [3.8, 4) is 22.8 Å². The molecule has 1 aromatic carbocycles. The van der Waals surface area contributed by atoms with Gasteiger partial charge in [-0.3, -0.25) is 9.78 Å². The molecule has 1 aliphatic rings. The Morgan fingerprint density at radius 2 is 1.83 bits per heavy atom. The van der Waals surface area contributed by atoms with Gasteiger partial charge in [0.15, 0.2) is 17.3 Å². The molecule has 0 saturated heterocycles. The molecule has 10 heteroatoms. The fraction of sp³-hybridized carbons (Fsp3) is 0.211. The molecule has 2 aromatic heterocycles. The van der Waals surface area contributed by atoms with Crippen LogP contribution in [0.4, 0.5) is 14.6 Å². The highest BCUT2D eigenvalue weighted by molar-refractivity contribution is 6.35. The van der Waals surface area contributed by atoms with Gasteiger partial charge in [0.25, 0.3) is 5.91 Å². The molecule has 1 N–H and O–H groups in total. The van der Waals surface area contributed by atoms with Crippen molar-refractivity contribution < 1.29 is 23.0 Å². The number of fused-ring (bicyclic) bond motifs is 1. The molecule has 0 saturated carbocycles. The average molecular weight is 421 g/mol. The summed E-state index contributed by atoms with van der Waals surface area (Å²) < 4.78 is 37.1. The molecule has 0 atom stereocenters. The molecular formula is C19H15ClF2N4O3. The van der Waals surface area contributed by atoms with E-state index in [1.54, 1.807) is 31.7 Å². The topological polar surface area (TPSA) is 78.3 Å². The van der Waals surface area contributed by atoms with Crippen LogP contribution in [0.2, 0.25) is 5.02 Å². The van der Waals surface area contributed by atoms with E-state index in [4.69, 9.17) is 11.6 Å². The number of anilines is 1. The lowest BCUT2D eigenvalue weighted by Crippen LogP contribution is -2.25. The number of rotatable bonds is 3. The van der Waals surface area contributed by atoms with E-state index in [2.05, 4.69) is 24.8 Å². The molecule has 0 spiro atoms. The number of ether oxygens (including phenoxy) is 2. The Hall–Kier alpha value is -3.20. The molecule has 0 radical (unpaired) electrons. The maximum atomic E-state index is 13.3. The number of alkyl halides is 2. The molecule has 4 rings (SSSR count). The predicted octanol–water partition coefficient (Wildman–Crippen LogP) is 4.33. The van der Waals surface area contributed by atoms with Gasteiger partial charge in [-0.05, 0) is 37.1 Å². The molecule has 3 heterocycles. The van der Waals surface area contributed by atoms with Crippen LogP contribution >= 0.6 is 11.6 Å². The zero-order valence-corrected chi connectivity index (χ0v) is 16.3. The van der Waals surface area contributed by atoms with Gasteiger partial charge in [-0.15, -0.1) is 8.78 Å². The smallest absolute Gasteiger partial charge is 0.395 e. The van der Waals surface area contributed by atoms with Gasteiger partial charge in [0.05, 0.1) is 23.1 Å². The van der Waals surface area contributed by atoms with E-state index in [0.29, 0.717) is 27.5 Å². The van der Waals surface area contributed by atoms with Crippen molar-refractivity contribution in [1.29, 1.82) is 0 Å². The first-order chi connectivity index (χ1) is 13.6. The van der Waals surface area contributed by atoms with Gasteiger partial charge in [-0.2, -0.15) is 0 Å². The van der Waals surface area contributed by atoms with Gasteiger partial charge in [0.1, 0.15) is 5.69 Å². The molecule has 1 amide bonds. The lowest BCUT2D eigenvalue weighted by molar-refractivity contribution is -0.286. The van der Waals surface area contributed by atoms with E-state index in [-0.39, 0.29) is 17.3 Å². The summed E-state index contributed by atoms with van der Waals surface area (Å²) in [5.41, 5.74) is 2.72. The first-order valence-corrected chi connectivity index (χ1v) is 8.88. The Bertz CT molecular complexity index is 1130. The van der Waals surface area contributed by atoms with E-state index >= 15 is 0 Å². The fourth-order valence-corrected chi connectivity index (χ4v) is 3.36. The Labute approximate surface area is 169 Å². The Balaban J connectivity index is 1.57. The molecule has 29 heavy (non-hydrogen) atoms. The van der Waals surface area contributed by atoms with Crippen molar-refractivity contribution in [1.82, 2.24) is 14.5 Å². The van der Waals surface area contributed by atoms with Crippen LogP contribution < -0.4 is 14.8 Å². The minimum Gasteiger partial charge on any atom is -0.395 e. The number of halogens is 3. The highest BCUT2D eigenvalue weighted by atomic mass is 35.5. The van der Waals surface area contributed by atoms with Gasteiger partial charge < -0.3 is 19.4 Å². The van der Waals surface area contributed by atoms with Crippen molar-refractivity contribution in [2.24, 2.45) is 7.05 Å². The fourth-order valence-electron chi connectivity index (χ4n) is 3.09. The third-order valence-electron chi connectivity index (χ3n) is 4.43. The second-order valence-corrected chi connectivity index (χ2v) is 6.99. The van der Waals surface area contributed by atoms with Crippen LogP contribution in [-0.2, 0) is 7.05 Å². The molecule has 1 aliphatic heterocycles. The second-order valence-electron chi connectivity index (χ2n) is 6.61. The van der Waals surface area contributed by atoms with Crippen LogP contribution in [0, 0.1) is 13.8 Å². The van der Waals surface area contributed by atoms with E-state index < -0.39 is 12.2 Å². The summed E-state index contributed by atoms with van der Waals surface area (Å²) in [6.07, 6.45) is 0.855. The van der Waals surface area contributed by atoms with Crippen molar-refractivity contribution in [2.45, 2.75) is 20.1 Å². The van der Waals surface area contributed by atoms with E-state index in [1.807, 2.05) is 0 Å². The summed E-state index contributed by atoms with van der Waals surface area (Å²) in [4.78, 5) is 20.9. The Morgan fingerprint density at radius 3 is 2.41 bits per heavy atom. The Morgan fingerprint density at radius 1 is 1.14 bits per heavy atom. The molecule has 0 fully saturated rings. The summed E-state index contributed by atoms with van der Waals surface area (Å²) in [5.74, 6) is -0.320. The van der Waals surface area contributed by atoms with Crippen LogP contribution in [0.3, 0.4) is 0 Å². The SMILES string of the molecule is Cc1cc2c(cc1-c1cnc(NC(=O)c3c(Cl)c(C)cn3C)cn1)OC(F)(F)O2. The van der Waals surface area contributed by atoms with Gasteiger partial charge >= 0.3 is 6.29 Å². The zero-order chi connectivity index (χ0) is 20.9. The van der Waals surface area contributed by atoms with Gasteiger partial charge in [0, 0.05) is 18.8 Å². The van der Waals surface area contributed by atoms with Gasteiger partial charge in [-0.25, -0.2) is 4.98 Å². The quantitative estimate of drug-likeness (QED) is 0.682. The number of hydrogen-bond donors (Lipinski definition) is 1. The summed E-state index contributed by atoms with van der Waals surface area (Å²) in [6, 6.07) is 2.86. The number of nitrogens with zero attached hydrogens (tertiary/aromatic N) is 3. The van der Waals surface area contributed by atoms with Crippen molar-refractivity contribution >= 4 is 23.3 Å². The van der Waals surface area contributed by atoms with Crippen LogP contribution in [0.15, 0.2) is 30.7 Å². The largest absolute Gasteiger partial charge is 0.586 e. The molecule has 0 unspecified atom stereocenters. The maximum absolute atomic E-state index is 13.3. The summed E-state index contributed by atoms with van der Waals surface area (Å²) in [7, 11) is 1.72. The van der Waals surface area contributed by atoms with Crippen LogP contribution in [0.1, 0.15) is 21.6 Å². The normalized spacial score (nSPS) is 14.1. The summed E-state index contributed by atoms with van der Waals surface area (Å²) in [6.45, 7) is 3.53. The first-order valence-electron chi connectivity index (χ1n) is 8.50. The lowest BCUT2D eigenvalue weighted by atomic mass is 10.1. The zero-order valence-electron chi connectivity index (χ0n) is 15.6. The molecule has 7 nitrogen and oxygen atoms in total. The highest BCUT2D eigenvalue weighted by Crippen LogP contribution is 2.44. The number of amides is 1. The van der Waals surface area contributed by atoms with Crippen molar-refractivity contribution in [3.05, 3.63) is 52.6 Å². The number of benzene rings is 1. The second kappa shape index (κ2) is 6.70. The average Bonchev–Trinajstić information content (AvgIpc) is 3.07. The maximum Gasteiger partial charge on any atom is 0.586 e. The summed E-state index contributed by atoms with van der Waals surface area (Å²) in [5, 5.41) is 3.00. The predicted molar refractivity (Wildman–Crippen MR) is 102 cm³/mol. The standard InChI is InChI=1S/C19H15ClF2N4O3/c1-9-4-13-14(29-19(21,22)28-13)5-11(9)12-6-24-15(7-23-12)25-18(27)17-16(20)10(2)8-26(17)3/h4-8H,1-3H3,(H,24,25,27). The monoisotopic (exact) mass is 420 g/mol. The van der Waals surface area contributed by atoms with Crippen molar-refractivity contribution in [2.75, 3.05) is 5.32 Å². The van der Waals surface area contributed by atoms with Crippen LogP contribution in [0.25, 0.3) is 11.3 Å². The molecule has 0 aliphatic carbocycles. The number of nitrogens with one attached hydrogen (secondary N) is 1. The number of aryl methyl sites for hydroxylation is 3. The van der Waals surface area contributed by atoms with E-state index in [0.717, 1.165) is 5.56 Å². The van der Waals surface area contributed by atoms with Crippen LogP contribution in [-0.4, -0.2) is 26.7 Å². The molecule has 150 valence electrons. The number of hydrogen-bond acceptors (Lipinski definition) is 5. The number of carbonyl (C=O) groups is 1. The van der Waals surface area contributed by atoms with Crippen molar-refractivity contribution in [3.63, 3.8) is 0 Å².